The van der Waals surface area contributed by atoms with Crippen molar-refractivity contribution in [3.05, 3.63) is 34.6 Å². The van der Waals surface area contributed by atoms with Crippen molar-refractivity contribution in [2.24, 2.45) is 0 Å². The highest BCUT2D eigenvalue weighted by atomic mass is 79.9. The van der Waals surface area contributed by atoms with Crippen molar-refractivity contribution in [2.75, 3.05) is 0 Å². The molecule has 1 aromatic carbocycles. The van der Waals surface area contributed by atoms with Crippen molar-refractivity contribution >= 4 is 27.5 Å². The van der Waals surface area contributed by atoms with Gasteiger partial charge in [-0.3, -0.25) is 0 Å². The number of benzene rings is 1. The molecule has 0 N–H and O–H groups in total. The van der Waals surface area contributed by atoms with E-state index < -0.39 is 0 Å². The Bertz CT molecular complexity index is 599. The molecule has 0 fully saturated rings. The molecule has 3 nitrogen and oxygen atoms in total. The number of nitrogens with zero attached hydrogens (tertiary/aromatic N) is 3. The SMILES string of the molecule is Cc1ccc(-c2nnc(CBr)n2C(C)(C)C)c(Cl)c1. The van der Waals surface area contributed by atoms with Crippen LogP contribution in [0.5, 0.6) is 0 Å². The minimum atomic E-state index is -0.101. The van der Waals surface area contributed by atoms with E-state index in [0.29, 0.717) is 10.4 Å². The monoisotopic (exact) mass is 341 g/mol. The van der Waals surface area contributed by atoms with Gasteiger partial charge in [0, 0.05) is 11.1 Å². The van der Waals surface area contributed by atoms with Crippen molar-refractivity contribution in [3.63, 3.8) is 0 Å². The fraction of sp³-hybridized carbons (Fsp3) is 0.429. The molecule has 0 saturated heterocycles. The zero-order valence-corrected chi connectivity index (χ0v) is 13.9. The first-order chi connectivity index (χ1) is 8.84. The Morgan fingerprint density at radius 3 is 2.47 bits per heavy atom. The maximum atomic E-state index is 6.35. The fourth-order valence-electron chi connectivity index (χ4n) is 2.08. The third-order valence-electron chi connectivity index (χ3n) is 2.89. The Morgan fingerprint density at radius 2 is 1.95 bits per heavy atom. The van der Waals surface area contributed by atoms with Crippen LogP contribution in [0, 0.1) is 6.92 Å². The minimum absolute atomic E-state index is 0.101. The second-order valence-electron chi connectivity index (χ2n) is 5.56. The van der Waals surface area contributed by atoms with Crippen molar-refractivity contribution in [1.82, 2.24) is 14.8 Å². The van der Waals surface area contributed by atoms with Gasteiger partial charge in [-0.15, -0.1) is 10.2 Å². The number of aromatic nitrogens is 3. The summed E-state index contributed by atoms with van der Waals surface area (Å²) < 4.78 is 2.12. The van der Waals surface area contributed by atoms with E-state index in [2.05, 4.69) is 51.5 Å². The highest BCUT2D eigenvalue weighted by Gasteiger charge is 2.24. The van der Waals surface area contributed by atoms with Gasteiger partial charge in [0.1, 0.15) is 5.82 Å². The predicted octanol–water partition coefficient (Wildman–Crippen LogP) is 4.56. The maximum Gasteiger partial charge on any atom is 0.165 e. The summed E-state index contributed by atoms with van der Waals surface area (Å²) in [5.74, 6) is 1.71. The predicted molar refractivity (Wildman–Crippen MR) is 82.8 cm³/mol. The number of hydrogen-bond acceptors (Lipinski definition) is 2. The highest BCUT2D eigenvalue weighted by molar-refractivity contribution is 9.08. The molecule has 1 heterocycles. The van der Waals surface area contributed by atoms with Gasteiger partial charge in [-0.2, -0.15) is 0 Å². The lowest BCUT2D eigenvalue weighted by molar-refractivity contribution is 0.391. The van der Waals surface area contributed by atoms with E-state index in [1.807, 2.05) is 25.1 Å². The third kappa shape index (κ3) is 2.84. The lowest BCUT2D eigenvalue weighted by Gasteiger charge is -2.25. The molecule has 0 atom stereocenters. The molecule has 0 aliphatic heterocycles. The van der Waals surface area contributed by atoms with Crippen LogP contribution in [0.2, 0.25) is 5.02 Å². The normalized spacial score (nSPS) is 11.9. The second kappa shape index (κ2) is 5.25. The van der Waals surface area contributed by atoms with Crippen LogP contribution >= 0.6 is 27.5 Å². The molecule has 0 bridgehead atoms. The molecular formula is C14H17BrClN3. The quantitative estimate of drug-likeness (QED) is 0.749. The molecular weight excluding hydrogens is 326 g/mol. The van der Waals surface area contributed by atoms with Gasteiger partial charge in [0.15, 0.2) is 5.82 Å². The van der Waals surface area contributed by atoms with Crippen LogP contribution in [0.3, 0.4) is 0 Å². The standard InChI is InChI=1S/C14H17BrClN3/c1-9-5-6-10(11(16)7-9)13-18-17-12(8-15)19(13)14(2,3)4/h5-7H,8H2,1-4H3. The van der Waals surface area contributed by atoms with E-state index in [9.17, 15) is 0 Å². The summed E-state index contributed by atoms with van der Waals surface area (Å²) in [6.07, 6.45) is 0. The zero-order chi connectivity index (χ0) is 14.2. The summed E-state index contributed by atoms with van der Waals surface area (Å²) in [5, 5.41) is 9.94. The number of hydrogen-bond donors (Lipinski definition) is 0. The molecule has 5 heteroatoms. The molecule has 2 rings (SSSR count). The minimum Gasteiger partial charge on any atom is -0.305 e. The molecule has 1 aromatic heterocycles. The smallest absolute Gasteiger partial charge is 0.165 e. The molecule has 0 unspecified atom stereocenters. The average molecular weight is 343 g/mol. The summed E-state index contributed by atoms with van der Waals surface area (Å²) in [7, 11) is 0. The van der Waals surface area contributed by atoms with Gasteiger partial charge >= 0.3 is 0 Å². The van der Waals surface area contributed by atoms with Crippen LogP contribution in [-0.2, 0) is 10.9 Å². The average Bonchev–Trinajstić information content (AvgIpc) is 2.72. The highest BCUT2D eigenvalue weighted by Crippen LogP contribution is 2.32. The number of rotatable bonds is 2. The summed E-state index contributed by atoms with van der Waals surface area (Å²) in [4.78, 5) is 0. The van der Waals surface area contributed by atoms with E-state index in [-0.39, 0.29) is 5.54 Å². The zero-order valence-electron chi connectivity index (χ0n) is 11.5. The van der Waals surface area contributed by atoms with Crippen molar-refractivity contribution in [1.29, 1.82) is 0 Å². The van der Waals surface area contributed by atoms with E-state index in [1.54, 1.807) is 0 Å². The number of alkyl halides is 1. The van der Waals surface area contributed by atoms with E-state index in [1.165, 1.54) is 0 Å². The van der Waals surface area contributed by atoms with E-state index in [4.69, 9.17) is 11.6 Å². The molecule has 0 aliphatic carbocycles. The van der Waals surface area contributed by atoms with Crippen molar-refractivity contribution in [3.8, 4) is 11.4 Å². The molecule has 0 aliphatic rings. The van der Waals surface area contributed by atoms with Crippen LogP contribution in [0.15, 0.2) is 18.2 Å². The molecule has 102 valence electrons. The van der Waals surface area contributed by atoms with Crippen LogP contribution in [0.25, 0.3) is 11.4 Å². The molecule has 19 heavy (non-hydrogen) atoms. The van der Waals surface area contributed by atoms with Gasteiger partial charge in [0.25, 0.3) is 0 Å². The summed E-state index contributed by atoms with van der Waals surface area (Å²) in [5.41, 5.74) is 1.95. The third-order valence-corrected chi connectivity index (χ3v) is 3.70. The second-order valence-corrected chi connectivity index (χ2v) is 6.53. The van der Waals surface area contributed by atoms with Crippen LogP contribution in [0.1, 0.15) is 32.2 Å². The number of halogens is 2. The fourth-order valence-corrected chi connectivity index (χ4v) is 2.77. The Morgan fingerprint density at radius 1 is 1.26 bits per heavy atom. The van der Waals surface area contributed by atoms with Crippen molar-refractivity contribution < 1.29 is 0 Å². The first-order valence-corrected chi connectivity index (χ1v) is 7.62. The Hall–Kier alpha value is -0.870. The first-order valence-electron chi connectivity index (χ1n) is 6.12. The van der Waals surface area contributed by atoms with Gasteiger partial charge in [-0.05, 0) is 45.4 Å². The molecule has 0 saturated carbocycles. The van der Waals surface area contributed by atoms with Crippen molar-refractivity contribution in [2.45, 2.75) is 38.6 Å². The Labute approximate surface area is 127 Å². The van der Waals surface area contributed by atoms with Gasteiger partial charge in [0.2, 0.25) is 0 Å². The van der Waals surface area contributed by atoms with Crippen LogP contribution < -0.4 is 0 Å². The summed E-state index contributed by atoms with van der Waals surface area (Å²) in [6.45, 7) is 8.42. The van der Waals surface area contributed by atoms with Crippen LogP contribution in [0.4, 0.5) is 0 Å². The molecule has 0 amide bonds. The summed E-state index contributed by atoms with van der Waals surface area (Å²) >= 11 is 9.81. The van der Waals surface area contributed by atoms with E-state index >= 15 is 0 Å². The molecule has 0 radical (unpaired) electrons. The number of aryl methyl sites for hydroxylation is 1. The largest absolute Gasteiger partial charge is 0.305 e. The van der Waals surface area contributed by atoms with E-state index in [0.717, 1.165) is 22.8 Å². The lowest BCUT2D eigenvalue weighted by Crippen LogP contribution is -2.24. The van der Waals surface area contributed by atoms with Gasteiger partial charge < -0.3 is 4.57 Å². The van der Waals surface area contributed by atoms with Crippen LogP contribution in [-0.4, -0.2) is 14.8 Å². The molecule has 0 spiro atoms. The lowest BCUT2D eigenvalue weighted by atomic mass is 10.1. The van der Waals surface area contributed by atoms with Gasteiger partial charge in [-0.25, -0.2) is 0 Å². The van der Waals surface area contributed by atoms with Gasteiger partial charge in [-0.1, -0.05) is 33.6 Å². The first kappa shape index (κ1) is 14.5. The topological polar surface area (TPSA) is 30.7 Å². The maximum absolute atomic E-state index is 6.35. The summed E-state index contributed by atoms with van der Waals surface area (Å²) in [6, 6.07) is 5.99. The van der Waals surface area contributed by atoms with Gasteiger partial charge in [0.05, 0.1) is 10.4 Å². The Kier molecular flexibility index (Phi) is 4.02. The Balaban J connectivity index is 2.66. The molecule has 2 aromatic rings.